The quantitative estimate of drug-likeness (QED) is 0.545. The third-order valence-electron chi connectivity index (χ3n) is 1.14. The van der Waals surface area contributed by atoms with Crippen LogP contribution in [0.2, 0.25) is 0 Å². The Kier molecular flexibility index (Phi) is 5.25. The smallest absolute Gasteiger partial charge is 0.210 e. The van der Waals surface area contributed by atoms with Crippen molar-refractivity contribution in [3.05, 3.63) is 30.3 Å². The van der Waals surface area contributed by atoms with Crippen LogP contribution in [0.15, 0.2) is 34.8 Å². The summed E-state index contributed by atoms with van der Waals surface area (Å²) in [6.45, 7) is 0. The average molecular weight is 206 g/mol. The molecule has 0 radical (unpaired) electrons. The van der Waals surface area contributed by atoms with Crippen LogP contribution in [0.5, 0.6) is 0 Å². The summed E-state index contributed by atoms with van der Waals surface area (Å²) in [4.78, 5) is 0. The van der Waals surface area contributed by atoms with E-state index in [1.807, 2.05) is 30.3 Å². The highest BCUT2D eigenvalue weighted by molar-refractivity contribution is 6.20. The van der Waals surface area contributed by atoms with Gasteiger partial charge in [-0.2, -0.15) is 0 Å². The van der Waals surface area contributed by atoms with Crippen molar-refractivity contribution in [1.29, 1.82) is 0 Å². The van der Waals surface area contributed by atoms with Gasteiger partial charge in [0.1, 0.15) is 0 Å². The molecule has 1 aromatic rings. The van der Waals surface area contributed by atoms with E-state index in [9.17, 15) is 0 Å². The number of hydrogen-bond donors (Lipinski definition) is 2. The lowest BCUT2D eigenvalue weighted by atomic mass is 10.3. The highest BCUT2D eigenvalue weighted by atomic mass is 35.5. The Morgan fingerprint density at radius 1 is 1.33 bits per heavy atom. The molecule has 0 amide bonds. The molecule has 0 bridgehead atoms. The predicted molar refractivity (Wildman–Crippen MR) is 54.8 cm³/mol. The summed E-state index contributed by atoms with van der Waals surface area (Å²) in [5.41, 5.74) is 6.18. The summed E-state index contributed by atoms with van der Waals surface area (Å²) < 4.78 is 3.24. The van der Waals surface area contributed by atoms with Crippen LogP contribution in [-0.4, -0.2) is 5.96 Å². The minimum absolute atomic E-state index is 0. The van der Waals surface area contributed by atoms with Crippen molar-refractivity contribution in [3.8, 4) is 0 Å². The minimum atomic E-state index is 0. The molecule has 0 saturated heterocycles. The lowest BCUT2D eigenvalue weighted by Gasteiger charge is -2.01. The fraction of sp³-hybridized carbons (Fsp3) is 0. The van der Waals surface area contributed by atoms with Crippen molar-refractivity contribution in [2.45, 2.75) is 0 Å². The summed E-state index contributed by atoms with van der Waals surface area (Å²) in [6.07, 6.45) is 0. The first kappa shape index (κ1) is 11.1. The predicted octanol–water partition coefficient (Wildman–Crippen LogP) is 1.99. The van der Waals surface area contributed by atoms with Crippen LogP contribution >= 0.6 is 24.2 Å². The molecule has 0 aliphatic rings. The van der Waals surface area contributed by atoms with Crippen LogP contribution in [0.25, 0.3) is 0 Å². The molecule has 0 atom stereocenters. The van der Waals surface area contributed by atoms with E-state index in [1.54, 1.807) is 0 Å². The first-order chi connectivity index (χ1) is 5.33. The van der Waals surface area contributed by atoms with E-state index < -0.39 is 0 Å². The van der Waals surface area contributed by atoms with E-state index in [2.05, 4.69) is 9.83 Å². The van der Waals surface area contributed by atoms with Gasteiger partial charge in [0, 0.05) is 17.5 Å². The molecule has 0 aliphatic heterocycles. The number of guanidine groups is 1. The zero-order chi connectivity index (χ0) is 8.10. The Morgan fingerprint density at radius 2 is 1.92 bits per heavy atom. The highest BCUT2D eigenvalue weighted by Crippen LogP contribution is 2.03. The molecule has 66 valence electrons. The minimum Gasteiger partial charge on any atom is -0.369 e. The van der Waals surface area contributed by atoms with Crippen LogP contribution in [0.1, 0.15) is 0 Å². The molecule has 1 aromatic carbocycles. The Hall–Kier alpha value is -0.930. The molecule has 0 unspecified atom stereocenters. The molecular weight excluding hydrogens is 197 g/mol. The number of nitrogens with zero attached hydrogens (tertiary/aromatic N) is 1. The average Bonchev–Trinajstić information content (AvgIpc) is 2.06. The largest absolute Gasteiger partial charge is 0.369 e. The van der Waals surface area contributed by atoms with Gasteiger partial charge >= 0.3 is 0 Å². The third-order valence-corrected chi connectivity index (χ3v) is 1.32. The number of anilines is 1. The van der Waals surface area contributed by atoms with Gasteiger partial charge in [0.15, 0.2) is 0 Å². The normalized spacial score (nSPS) is 10.2. The van der Waals surface area contributed by atoms with Gasteiger partial charge in [-0.1, -0.05) is 18.2 Å². The Labute approximate surface area is 82.1 Å². The Bertz CT molecular complexity index is 248. The van der Waals surface area contributed by atoms with Crippen LogP contribution in [0.4, 0.5) is 5.69 Å². The molecule has 0 aromatic heterocycles. The number of nitrogens with two attached hydrogens (primary N) is 1. The van der Waals surface area contributed by atoms with E-state index in [1.165, 1.54) is 0 Å². The van der Waals surface area contributed by atoms with Crippen molar-refractivity contribution >= 4 is 35.8 Å². The van der Waals surface area contributed by atoms with E-state index >= 15 is 0 Å². The van der Waals surface area contributed by atoms with E-state index in [0.29, 0.717) is 0 Å². The fourth-order valence-electron chi connectivity index (χ4n) is 0.690. The van der Waals surface area contributed by atoms with Crippen LogP contribution in [0, 0.1) is 0 Å². The molecule has 0 spiro atoms. The molecule has 0 saturated carbocycles. The van der Waals surface area contributed by atoms with Gasteiger partial charge in [0.25, 0.3) is 0 Å². The molecule has 3 N–H and O–H groups in total. The number of rotatable bonds is 1. The summed E-state index contributed by atoms with van der Waals surface area (Å²) in [6, 6.07) is 9.44. The van der Waals surface area contributed by atoms with Gasteiger partial charge in [-0.15, -0.1) is 16.9 Å². The van der Waals surface area contributed by atoms with Gasteiger partial charge in [-0.3, -0.25) is 0 Å². The zero-order valence-electron chi connectivity index (χ0n) is 6.20. The monoisotopic (exact) mass is 205 g/mol. The summed E-state index contributed by atoms with van der Waals surface area (Å²) >= 11 is 5.10. The molecule has 3 nitrogen and oxygen atoms in total. The van der Waals surface area contributed by atoms with Crippen LogP contribution in [0.3, 0.4) is 0 Å². The Morgan fingerprint density at radius 3 is 2.42 bits per heavy atom. The van der Waals surface area contributed by atoms with Crippen LogP contribution in [-0.2, 0) is 0 Å². The second kappa shape index (κ2) is 5.69. The van der Waals surface area contributed by atoms with Crippen molar-refractivity contribution in [3.63, 3.8) is 0 Å². The van der Waals surface area contributed by atoms with Crippen molar-refractivity contribution in [2.75, 3.05) is 5.32 Å². The van der Waals surface area contributed by atoms with Gasteiger partial charge in [-0.05, 0) is 12.1 Å². The number of nitrogens with one attached hydrogen (secondary N) is 1. The van der Waals surface area contributed by atoms with E-state index in [4.69, 9.17) is 17.5 Å². The lowest BCUT2D eigenvalue weighted by molar-refractivity contribution is 1.54. The summed E-state index contributed by atoms with van der Waals surface area (Å²) in [7, 11) is 0. The van der Waals surface area contributed by atoms with Crippen molar-refractivity contribution < 1.29 is 0 Å². The second-order valence-corrected chi connectivity index (χ2v) is 2.13. The topological polar surface area (TPSA) is 50.4 Å². The van der Waals surface area contributed by atoms with Gasteiger partial charge in [0.05, 0.1) is 0 Å². The molecule has 1 rings (SSSR count). The first-order valence-corrected chi connectivity index (χ1v) is 3.43. The number of benzene rings is 1. The second-order valence-electron chi connectivity index (χ2n) is 1.96. The number of hydrogen-bond acceptors (Lipinski definition) is 1. The van der Waals surface area contributed by atoms with Crippen molar-refractivity contribution in [1.82, 2.24) is 0 Å². The standard InChI is InChI=1S/C7H8ClN3.ClH/c8-11-7(9)10-6-4-2-1-3-5-6;/h1-5H,(H3,9,10,11);1H. The van der Waals surface area contributed by atoms with Crippen LogP contribution < -0.4 is 11.1 Å². The van der Waals surface area contributed by atoms with Gasteiger partial charge in [-0.25, -0.2) is 0 Å². The maximum Gasteiger partial charge on any atom is 0.210 e. The van der Waals surface area contributed by atoms with Gasteiger partial charge < -0.3 is 11.1 Å². The number of halogens is 2. The summed E-state index contributed by atoms with van der Waals surface area (Å²) in [5.74, 6) is 0.192. The Balaban J connectivity index is 0.00000121. The highest BCUT2D eigenvalue weighted by Gasteiger charge is 1.90. The van der Waals surface area contributed by atoms with Gasteiger partial charge in [0.2, 0.25) is 5.96 Å². The molecule has 5 heteroatoms. The lowest BCUT2D eigenvalue weighted by Crippen LogP contribution is -2.21. The SMILES string of the molecule is Cl.NC(=NCl)Nc1ccccc1. The fourth-order valence-corrected chi connectivity index (χ4v) is 0.733. The molecule has 12 heavy (non-hydrogen) atoms. The number of para-hydroxylation sites is 1. The maximum absolute atomic E-state index is 5.31. The first-order valence-electron chi connectivity index (χ1n) is 3.09. The maximum atomic E-state index is 5.31. The molecule has 0 fully saturated rings. The van der Waals surface area contributed by atoms with E-state index in [-0.39, 0.29) is 18.4 Å². The van der Waals surface area contributed by atoms with Crippen molar-refractivity contribution in [2.24, 2.45) is 10.2 Å². The molecular formula is C7H9Cl2N3. The van der Waals surface area contributed by atoms with E-state index in [0.717, 1.165) is 5.69 Å². The zero-order valence-corrected chi connectivity index (χ0v) is 7.77. The summed E-state index contributed by atoms with van der Waals surface area (Å²) in [5, 5.41) is 2.79. The molecule has 0 heterocycles. The molecule has 0 aliphatic carbocycles. The third kappa shape index (κ3) is 3.46.